The summed E-state index contributed by atoms with van der Waals surface area (Å²) in [6.07, 6.45) is 5.50. The van der Waals surface area contributed by atoms with Gasteiger partial charge in [0.1, 0.15) is 0 Å². The second-order valence-electron chi connectivity index (χ2n) is 5.56. The van der Waals surface area contributed by atoms with Crippen LogP contribution in [0.1, 0.15) is 50.6 Å². The second kappa shape index (κ2) is 5.70. The number of hydrogen-bond donors (Lipinski definition) is 0. The Labute approximate surface area is 119 Å². The van der Waals surface area contributed by atoms with Gasteiger partial charge in [0.15, 0.2) is 0 Å². The van der Waals surface area contributed by atoms with Crippen LogP contribution in [-0.4, -0.2) is 17.3 Å². The van der Waals surface area contributed by atoms with E-state index >= 15 is 0 Å². The molecule has 0 N–H and O–H groups in total. The van der Waals surface area contributed by atoms with Gasteiger partial charge in [-0.2, -0.15) is 0 Å². The number of ether oxygens (including phenoxy) is 1. The molecule has 3 heteroatoms. The minimum absolute atomic E-state index is 0.227. The van der Waals surface area contributed by atoms with Crippen molar-refractivity contribution in [1.82, 2.24) is 4.57 Å². The van der Waals surface area contributed by atoms with Crippen LogP contribution in [0.15, 0.2) is 30.3 Å². The first-order valence-electron chi connectivity index (χ1n) is 7.58. The molecule has 2 aromatic rings. The molecule has 3 nitrogen and oxygen atoms in total. The van der Waals surface area contributed by atoms with Crippen molar-refractivity contribution < 1.29 is 9.53 Å². The third-order valence-corrected chi connectivity index (χ3v) is 4.12. The summed E-state index contributed by atoms with van der Waals surface area (Å²) >= 11 is 0. The molecule has 1 saturated carbocycles. The maximum Gasteiger partial charge on any atom is 0.418 e. The van der Waals surface area contributed by atoms with Crippen molar-refractivity contribution in [3.05, 3.63) is 36.0 Å². The normalized spacial score (nSPS) is 15.8. The highest BCUT2D eigenvalue weighted by molar-refractivity contribution is 5.91. The first kappa shape index (κ1) is 13.2. The molecule has 20 heavy (non-hydrogen) atoms. The van der Waals surface area contributed by atoms with Crippen LogP contribution in [0.2, 0.25) is 0 Å². The molecule has 1 aliphatic rings. The molecule has 0 radical (unpaired) electrons. The predicted octanol–water partition coefficient (Wildman–Crippen LogP) is 4.69. The first-order chi connectivity index (χ1) is 9.81. The van der Waals surface area contributed by atoms with Gasteiger partial charge in [-0.25, -0.2) is 9.36 Å². The standard InChI is InChI=1S/C17H21NO2/c1-2-11-20-17(19)18-15-10-6-5-9-14(15)12-16(18)13-7-3-4-8-13/h5-6,9-10,12-13H,2-4,7-8,11H2,1H3. The summed E-state index contributed by atoms with van der Waals surface area (Å²) in [5.41, 5.74) is 2.10. The highest BCUT2D eigenvalue weighted by Crippen LogP contribution is 2.37. The summed E-state index contributed by atoms with van der Waals surface area (Å²) in [5.74, 6) is 0.497. The Morgan fingerprint density at radius 3 is 2.80 bits per heavy atom. The van der Waals surface area contributed by atoms with E-state index in [1.54, 1.807) is 4.57 Å². The molecule has 106 valence electrons. The minimum Gasteiger partial charge on any atom is -0.449 e. The molecule has 3 rings (SSSR count). The number of carbonyl (C=O) groups is 1. The zero-order valence-corrected chi connectivity index (χ0v) is 12.0. The second-order valence-corrected chi connectivity index (χ2v) is 5.56. The SMILES string of the molecule is CCCOC(=O)n1c(C2CCCC2)cc2ccccc21. The van der Waals surface area contributed by atoms with Crippen molar-refractivity contribution in [3.8, 4) is 0 Å². The van der Waals surface area contributed by atoms with Gasteiger partial charge in [-0.15, -0.1) is 0 Å². The maximum atomic E-state index is 12.4. The highest BCUT2D eigenvalue weighted by atomic mass is 16.5. The molecule has 1 aromatic heterocycles. The Morgan fingerprint density at radius 1 is 1.30 bits per heavy atom. The van der Waals surface area contributed by atoms with Gasteiger partial charge in [-0.05, 0) is 37.3 Å². The molecule has 1 fully saturated rings. The Bertz CT molecular complexity index is 608. The van der Waals surface area contributed by atoms with Gasteiger partial charge in [0, 0.05) is 11.1 Å². The Morgan fingerprint density at radius 2 is 2.05 bits per heavy atom. The fourth-order valence-corrected chi connectivity index (χ4v) is 3.16. The van der Waals surface area contributed by atoms with Gasteiger partial charge in [0.25, 0.3) is 0 Å². The van der Waals surface area contributed by atoms with Crippen molar-refractivity contribution in [2.24, 2.45) is 0 Å². The molecule has 0 aliphatic heterocycles. The van der Waals surface area contributed by atoms with E-state index in [1.807, 2.05) is 25.1 Å². The lowest BCUT2D eigenvalue weighted by atomic mass is 10.0. The topological polar surface area (TPSA) is 31.2 Å². The lowest BCUT2D eigenvalue weighted by Crippen LogP contribution is -2.17. The van der Waals surface area contributed by atoms with E-state index in [9.17, 15) is 4.79 Å². The monoisotopic (exact) mass is 271 g/mol. The van der Waals surface area contributed by atoms with E-state index in [2.05, 4.69) is 12.1 Å². The van der Waals surface area contributed by atoms with Gasteiger partial charge >= 0.3 is 6.09 Å². The van der Waals surface area contributed by atoms with Gasteiger partial charge in [0.2, 0.25) is 0 Å². The van der Waals surface area contributed by atoms with Crippen molar-refractivity contribution >= 4 is 17.0 Å². The fourth-order valence-electron chi connectivity index (χ4n) is 3.16. The van der Waals surface area contributed by atoms with Crippen LogP contribution < -0.4 is 0 Å². The number of fused-ring (bicyclic) bond motifs is 1. The molecule has 0 unspecified atom stereocenters. The van der Waals surface area contributed by atoms with Gasteiger partial charge in [0.05, 0.1) is 12.1 Å². The molecule has 0 atom stereocenters. The van der Waals surface area contributed by atoms with E-state index in [1.165, 1.54) is 25.7 Å². The molecular weight excluding hydrogens is 250 g/mol. The first-order valence-corrected chi connectivity index (χ1v) is 7.58. The summed E-state index contributed by atoms with van der Waals surface area (Å²) < 4.78 is 7.16. The number of carbonyl (C=O) groups excluding carboxylic acids is 1. The van der Waals surface area contributed by atoms with Crippen LogP contribution in [0, 0.1) is 0 Å². The van der Waals surface area contributed by atoms with Crippen LogP contribution in [0.3, 0.4) is 0 Å². The molecule has 0 amide bonds. The van der Waals surface area contributed by atoms with Gasteiger partial charge < -0.3 is 4.74 Å². The minimum atomic E-state index is -0.227. The van der Waals surface area contributed by atoms with E-state index in [0.717, 1.165) is 23.0 Å². The summed E-state index contributed by atoms with van der Waals surface area (Å²) in [5, 5.41) is 1.13. The molecule has 0 spiro atoms. The van der Waals surface area contributed by atoms with Crippen molar-refractivity contribution in [2.45, 2.75) is 44.9 Å². The lowest BCUT2D eigenvalue weighted by molar-refractivity contribution is 0.148. The van der Waals surface area contributed by atoms with Gasteiger partial charge in [-0.3, -0.25) is 0 Å². The smallest absolute Gasteiger partial charge is 0.418 e. The van der Waals surface area contributed by atoms with Crippen LogP contribution in [0.5, 0.6) is 0 Å². The van der Waals surface area contributed by atoms with Gasteiger partial charge in [-0.1, -0.05) is 38.0 Å². The summed E-state index contributed by atoms with van der Waals surface area (Å²) in [7, 11) is 0. The number of aromatic nitrogens is 1. The lowest BCUT2D eigenvalue weighted by Gasteiger charge is -2.14. The van der Waals surface area contributed by atoms with E-state index in [0.29, 0.717) is 12.5 Å². The van der Waals surface area contributed by atoms with Crippen LogP contribution >= 0.6 is 0 Å². The number of rotatable bonds is 3. The van der Waals surface area contributed by atoms with Crippen LogP contribution in [0.4, 0.5) is 4.79 Å². The quantitative estimate of drug-likeness (QED) is 0.810. The largest absolute Gasteiger partial charge is 0.449 e. The van der Waals surface area contributed by atoms with Crippen LogP contribution in [-0.2, 0) is 4.74 Å². The molecule has 0 saturated heterocycles. The molecule has 1 aliphatic carbocycles. The van der Waals surface area contributed by atoms with Crippen LogP contribution in [0.25, 0.3) is 10.9 Å². The zero-order chi connectivity index (χ0) is 13.9. The number of benzene rings is 1. The third kappa shape index (κ3) is 2.33. The Hall–Kier alpha value is -1.77. The van der Waals surface area contributed by atoms with E-state index in [4.69, 9.17) is 4.74 Å². The predicted molar refractivity (Wildman–Crippen MR) is 80.2 cm³/mol. The number of nitrogens with zero attached hydrogens (tertiary/aromatic N) is 1. The molecule has 0 bridgehead atoms. The average molecular weight is 271 g/mol. The van der Waals surface area contributed by atoms with E-state index in [-0.39, 0.29) is 6.09 Å². The third-order valence-electron chi connectivity index (χ3n) is 4.12. The Kier molecular flexibility index (Phi) is 3.77. The number of hydrogen-bond acceptors (Lipinski definition) is 2. The molecule has 1 heterocycles. The van der Waals surface area contributed by atoms with Crippen molar-refractivity contribution in [1.29, 1.82) is 0 Å². The zero-order valence-electron chi connectivity index (χ0n) is 12.0. The summed E-state index contributed by atoms with van der Waals surface area (Å²) in [6.45, 7) is 2.49. The summed E-state index contributed by atoms with van der Waals surface area (Å²) in [6, 6.07) is 10.2. The fraction of sp³-hybridized carbons (Fsp3) is 0.471. The highest BCUT2D eigenvalue weighted by Gasteiger charge is 2.25. The number of para-hydroxylation sites is 1. The molecular formula is C17H21NO2. The maximum absolute atomic E-state index is 12.4. The summed E-state index contributed by atoms with van der Waals surface area (Å²) in [4.78, 5) is 12.4. The average Bonchev–Trinajstić information content (AvgIpc) is 3.11. The van der Waals surface area contributed by atoms with Crippen molar-refractivity contribution in [3.63, 3.8) is 0 Å². The van der Waals surface area contributed by atoms with E-state index < -0.39 is 0 Å². The molecule has 1 aromatic carbocycles. The Balaban J connectivity index is 2.05. The van der Waals surface area contributed by atoms with Crippen molar-refractivity contribution in [2.75, 3.05) is 6.61 Å².